The summed E-state index contributed by atoms with van der Waals surface area (Å²) in [4.78, 5) is 2.39. The molecular weight excluding hydrogens is 252 g/mol. The minimum Gasteiger partial charge on any atom is -0.497 e. The van der Waals surface area contributed by atoms with E-state index in [0.717, 1.165) is 11.3 Å². The van der Waals surface area contributed by atoms with Crippen LogP contribution in [0.25, 0.3) is 0 Å². The first kappa shape index (κ1) is 12.3. The molecule has 0 N–H and O–H groups in total. The summed E-state index contributed by atoms with van der Waals surface area (Å²) in [7, 11) is 1.67. The van der Waals surface area contributed by atoms with Crippen LogP contribution in [-0.2, 0) is 5.88 Å². The molecule has 0 atom stereocenters. The highest BCUT2D eigenvalue weighted by molar-refractivity contribution is 7.99. The van der Waals surface area contributed by atoms with Crippen LogP contribution in [0.1, 0.15) is 5.56 Å². The highest BCUT2D eigenvalue weighted by atomic mass is 35.5. The van der Waals surface area contributed by atoms with Gasteiger partial charge in [0, 0.05) is 15.7 Å². The minimum atomic E-state index is 0.541. The van der Waals surface area contributed by atoms with Gasteiger partial charge in [0.25, 0.3) is 0 Å². The smallest absolute Gasteiger partial charge is 0.118 e. The molecule has 2 rings (SSSR count). The highest BCUT2D eigenvalue weighted by Gasteiger charge is 2.03. The molecule has 17 heavy (non-hydrogen) atoms. The van der Waals surface area contributed by atoms with Gasteiger partial charge in [0.2, 0.25) is 0 Å². The van der Waals surface area contributed by atoms with Crippen molar-refractivity contribution < 1.29 is 4.74 Å². The van der Waals surface area contributed by atoms with Crippen molar-refractivity contribution in [1.29, 1.82) is 0 Å². The van der Waals surface area contributed by atoms with Crippen molar-refractivity contribution in [1.82, 2.24) is 0 Å². The first-order chi connectivity index (χ1) is 8.33. The first-order valence-corrected chi connectivity index (χ1v) is 6.64. The van der Waals surface area contributed by atoms with Crippen molar-refractivity contribution in [3.8, 4) is 5.75 Å². The molecule has 3 heteroatoms. The van der Waals surface area contributed by atoms with Crippen molar-refractivity contribution in [3.05, 3.63) is 54.1 Å². The predicted molar refractivity (Wildman–Crippen MR) is 73.1 cm³/mol. The monoisotopic (exact) mass is 264 g/mol. The van der Waals surface area contributed by atoms with Gasteiger partial charge in [-0.2, -0.15) is 0 Å². The van der Waals surface area contributed by atoms with Crippen molar-refractivity contribution in [3.63, 3.8) is 0 Å². The van der Waals surface area contributed by atoms with Gasteiger partial charge >= 0.3 is 0 Å². The second-order valence-corrected chi connectivity index (χ2v) is 4.90. The third-order valence-corrected chi connectivity index (χ3v) is 3.82. The molecule has 1 nitrogen and oxygen atoms in total. The minimum absolute atomic E-state index is 0.541. The Balaban J connectivity index is 2.19. The van der Waals surface area contributed by atoms with Gasteiger partial charge in [-0.15, -0.1) is 11.6 Å². The molecule has 0 saturated carbocycles. The van der Waals surface area contributed by atoms with Crippen LogP contribution in [-0.4, -0.2) is 7.11 Å². The molecule has 0 heterocycles. The maximum atomic E-state index is 5.91. The van der Waals surface area contributed by atoms with Gasteiger partial charge in [0.05, 0.1) is 7.11 Å². The lowest BCUT2D eigenvalue weighted by atomic mass is 10.2. The van der Waals surface area contributed by atoms with Crippen molar-refractivity contribution in [2.75, 3.05) is 7.11 Å². The van der Waals surface area contributed by atoms with E-state index < -0.39 is 0 Å². The lowest BCUT2D eigenvalue weighted by Crippen LogP contribution is -1.84. The van der Waals surface area contributed by atoms with Gasteiger partial charge in [-0.25, -0.2) is 0 Å². The molecule has 0 aliphatic rings. The summed E-state index contributed by atoms with van der Waals surface area (Å²) >= 11 is 7.63. The number of benzene rings is 2. The Morgan fingerprint density at radius 3 is 2.41 bits per heavy atom. The molecule has 0 bridgehead atoms. The van der Waals surface area contributed by atoms with E-state index in [9.17, 15) is 0 Å². The van der Waals surface area contributed by atoms with E-state index in [-0.39, 0.29) is 0 Å². The lowest BCUT2D eigenvalue weighted by Gasteiger charge is -2.07. The molecule has 0 amide bonds. The van der Waals surface area contributed by atoms with E-state index in [2.05, 4.69) is 24.3 Å². The number of ether oxygens (including phenoxy) is 1. The number of halogens is 1. The molecular formula is C14H13ClOS. The topological polar surface area (TPSA) is 9.23 Å². The van der Waals surface area contributed by atoms with Crippen LogP contribution in [0.15, 0.2) is 58.3 Å². The number of rotatable bonds is 4. The second kappa shape index (κ2) is 5.99. The fraction of sp³-hybridized carbons (Fsp3) is 0.143. The summed E-state index contributed by atoms with van der Waals surface area (Å²) in [6.07, 6.45) is 0. The number of hydrogen-bond donors (Lipinski definition) is 0. The number of methoxy groups -OCH3 is 1. The van der Waals surface area contributed by atoms with Crippen LogP contribution in [0.2, 0.25) is 0 Å². The summed E-state index contributed by atoms with van der Waals surface area (Å²) in [6.45, 7) is 0. The summed E-state index contributed by atoms with van der Waals surface area (Å²) in [5.74, 6) is 1.42. The van der Waals surface area contributed by atoms with Gasteiger partial charge in [-0.05, 0) is 35.9 Å². The third kappa shape index (κ3) is 3.18. The van der Waals surface area contributed by atoms with E-state index in [0.29, 0.717) is 5.88 Å². The lowest BCUT2D eigenvalue weighted by molar-refractivity contribution is 0.414. The zero-order valence-electron chi connectivity index (χ0n) is 9.52. The van der Waals surface area contributed by atoms with Gasteiger partial charge < -0.3 is 4.74 Å². The quantitative estimate of drug-likeness (QED) is 0.748. The summed E-state index contributed by atoms with van der Waals surface area (Å²) in [5.41, 5.74) is 1.16. The molecule has 2 aromatic rings. The van der Waals surface area contributed by atoms with Crippen LogP contribution >= 0.6 is 23.4 Å². The summed E-state index contributed by atoms with van der Waals surface area (Å²) in [6, 6.07) is 16.2. The van der Waals surface area contributed by atoms with Crippen LogP contribution < -0.4 is 4.74 Å². The maximum Gasteiger partial charge on any atom is 0.118 e. The fourth-order valence-electron chi connectivity index (χ4n) is 1.48. The third-order valence-electron chi connectivity index (χ3n) is 2.40. The van der Waals surface area contributed by atoms with Gasteiger partial charge in [-0.1, -0.05) is 30.0 Å². The second-order valence-electron chi connectivity index (χ2n) is 3.52. The standard InChI is InChI=1S/C14H13ClOS/c1-16-12-6-8-13(9-7-12)17-14-5-3-2-4-11(14)10-15/h2-9H,10H2,1H3. The van der Waals surface area contributed by atoms with Crippen LogP contribution in [0, 0.1) is 0 Å². The zero-order chi connectivity index (χ0) is 12.1. The Hall–Kier alpha value is -1.12. The largest absolute Gasteiger partial charge is 0.497 e. The fourth-order valence-corrected chi connectivity index (χ4v) is 2.74. The molecule has 88 valence electrons. The maximum absolute atomic E-state index is 5.91. The van der Waals surface area contributed by atoms with Gasteiger partial charge in [0.15, 0.2) is 0 Å². The van der Waals surface area contributed by atoms with Crippen LogP contribution in [0.5, 0.6) is 5.75 Å². The predicted octanol–water partition coefficient (Wildman–Crippen LogP) is 4.59. The van der Waals surface area contributed by atoms with E-state index in [1.165, 1.54) is 9.79 Å². The molecule has 0 aromatic heterocycles. The highest BCUT2D eigenvalue weighted by Crippen LogP contribution is 2.31. The molecule has 0 spiro atoms. The van der Waals surface area contributed by atoms with Gasteiger partial charge in [-0.3, -0.25) is 0 Å². The Morgan fingerprint density at radius 2 is 1.76 bits per heavy atom. The molecule has 0 saturated heterocycles. The Labute approximate surface area is 111 Å². The molecule has 0 aliphatic heterocycles. The number of alkyl halides is 1. The SMILES string of the molecule is COc1ccc(Sc2ccccc2CCl)cc1. The number of hydrogen-bond acceptors (Lipinski definition) is 2. The molecule has 2 aromatic carbocycles. The van der Waals surface area contributed by atoms with Crippen molar-refractivity contribution in [2.24, 2.45) is 0 Å². The molecule has 0 aliphatic carbocycles. The van der Waals surface area contributed by atoms with Gasteiger partial charge in [0.1, 0.15) is 5.75 Å². The first-order valence-electron chi connectivity index (χ1n) is 5.29. The summed E-state index contributed by atoms with van der Waals surface area (Å²) < 4.78 is 5.13. The van der Waals surface area contributed by atoms with Crippen molar-refractivity contribution >= 4 is 23.4 Å². The van der Waals surface area contributed by atoms with E-state index in [1.54, 1.807) is 18.9 Å². The van der Waals surface area contributed by atoms with E-state index in [1.807, 2.05) is 24.3 Å². The van der Waals surface area contributed by atoms with E-state index >= 15 is 0 Å². The Bertz CT molecular complexity index is 482. The van der Waals surface area contributed by atoms with Crippen LogP contribution in [0.4, 0.5) is 0 Å². The van der Waals surface area contributed by atoms with Crippen molar-refractivity contribution in [2.45, 2.75) is 15.7 Å². The Morgan fingerprint density at radius 1 is 1.06 bits per heavy atom. The van der Waals surface area contributed by atoms with E-state index in [4.69, 9.17) is 16.3 Å². The average Bonchev–Trinajstić information content (AvgIpc) is 2.40. The zero-order valence-corrected chi connectivity index (χ0v) is 11.1. The summed E-state index contributed by atoms with van der Waals surface area (Å²) in [5, 5.41) is 0. The molecule has 0 radical (unpaired) electrons. The molecule has 0 fully saturated rings. The normalized spacial score (nSPS) is 10.2. The Kier molecular flexibility index (Phi) is 4.35. The average molecular weight is 265 g/mol. The molecule has 0 unspecified atom stereocenters. The van der Waals surface area contributed by atoms with Crippen LogP contribution in [0.3, 0.4) is 0 Å².